The lowest BCUT2D eigenvalue weighted by molar-refractivity contribution is 0.0620. The largest absolute Gasteiger partial charge is 0.506 e. The predicted octanol–water partition coefficient (Wildman–Crippen LogP) is 0.611. The molecule has 0 aliphatic carbocycles. The first-order chi connectivity index (χ1) is 8.72. The van der Waals surface area contributed by atoms with Gasteiger partial charge in [0.05, 0.1) is 11.8 Å². The number of amides is 1. The van der Waals surface area contributed by atoms with Crippen LogP contribution in [0.2, 0.25) is 0 Å². The monoisotopic (exact) mass is 247 g/mol. The number of aromatic nitrogens is 1. The van der Waals surface area contributed by atoms with Gasteiger partial charge >= 0.3 is 0 Å². The number of fused-ring (bicyclic) bond motifs is 3. The van der Waals surface area contributed by atoms with Crippen LogP contribution in [-0.4, -0.2) is 46.6 Å². The summed E-state index contributed by atoms with van der Waals surface area (Å²) < 4.78 is 0. The number of piperidine rings is 3. The lowest BCUT2D eigenvalue weighted by Crippen LogP contribution is -2.57. The zero-order valence-electron chi connectivity index (χ0n) is 10.2. The molecule has 0 spiro atoms. The molecule has 1 aromatic heterocycles. The van der Waals surface area contributed by atoms with E-state index >= 15 is 0 Å². The van der Waals surface area contributed by atoms with Crippen molar-refractivity contribution >= 4 is 5.91 Å². The van der Waals surface area contributed by atoms with Crippen LogP contribution in [0.25, 0.3) is 0 Å². The third-order valence-electron chi connectivity index (χ3n) is 3.96. The highest BCUT2D eigenvalue weighted by Gasteiger charge is 2.34. The average molecular weight is 247 g/mol. The molecule has 1 aromatic rings. The molecule has 5 nitrogen and oxygen atoms in total. The Labute approximate surface area is 106 Å². The first-order valence-electron chi connectivity index (χ1n) is 6.39. The van der Waals surface area contributed by atoms with E-state index in [9.17, 15) is 9.90 Å². The summed E-state index contributed by atoms with van der Waals surface area (Å²) in [7, 11) is 0. The second-order valence-electron chi connectivity index (χ2n) is 5.15. The molecule has 0 saturated carbocycles. The van der Waals surface area contributed by atoms with Crippen molar-refractivity contribution in [1.82, 2.24) is 15.2 Å². The molecule has 4 rings (SSSR count). The second kappa shape index (κ2) is 4.57. The van der Waals surface area contributed by atoms with Gasteiger partial charge in [-0.2, -0.15) is 0 Å². The summed E-state index contributed by atoms with van der Waals surface area (Å²) >= 11 is 0. The number of hydrogen-bond donors (Lipinski definition) is 2. The van der Waals surface area contributed by atoms with Gasteiger partial charge in [-0.05, 0) is 37.9 Å². The molecule has 3 aliphatic rings. The number of hydrogen-bond acceptors (Lipinski definition) is 4. The summed E-state index contributed by atoms with van der Waals surface area (Å²) in [6.45, 7) is 3.26. The van der Waals surface area contributed by atoms with Crippen molar-refractivity contribution in [3.05, 3.63) is 24.0 Å². The average Bonchev–Trinajstić information content (AvgIpc) is 2.40. The lowest BCUT2D eigenvalue weighted by Gasteiger charge is -2.44. The Morgan fingerprint density at radius 1 is 1.39 bits per heavy atom. The van der Waals surface area contributed by atoms with Crippen LogP contribution >= 0.6 is 0 Å². The van der Waals surface area contributed by atoms with Crippen molar-refractivity contribution in [3.8, 4) is 5.75 Å². The number of rotatable bonds is 2. The number of pyridine rings is 1. The Bertz CT molecular complexity index is 455. The zero-order chi connectivity index (χ0) is 12.5. The van der Waals surface area contributed by atoms with Gasteiger partial charge in [0.2, 0.25) is 0 Å². The van der Waals surface area contributed by atoms with Crippen LogP contribution in [0, 0.1) is 5.92 Å². The van der Waals surface area contributed by atoms with Gasteiger partial charge in [0, 0.05) is 18.8 Å². The van der Waals surface area contributed by atoms with Gasteiger partial charge in [0.1, 0.15) is 5.75 Å². The van der Waals surface area contributed by atoms with Crippen LogP contribution < -0.4 is 5.32 Å². The summed E-state index contributed by atoms with van der Waals surface area (Å²) in [5.41, 5.74) is 0.423. The van der Waals surface area contributed by atoms with Crippen LogP contribution in [0.4, 0.5) is 0 Å². The van der Waals surface area contributed by atoms with Gasteiger partial charge in [0.15, 0.2) is 0 Å². The number of nitrogens with zero attached hydrogens (tertiary/aromatic N) is 2. The molecule has 0 radical (unpaired) electrons. The summed E-state index contributed by atoms with van der Waals surface area (Å²) in [6, 6.07) is 1.69. The zero-order valence-corrected chi connectivity index (χ0v) is 10.2. The molecule has 5 heteroatoms. The van der Waals surface area contributed by atoms with E-state index in [-0.39, 0.29) is 17.7 Å². The van der Waals surface area contributed by atoms with E-state index in [1.807, 2.05) is 0 Å². The second-order valence-corrected chi connectivity index (χ2v) is 5.15. The van der Waals surface area contributed by atoms with Crippen LogP contribution in [0.15, 0.2) is 18.5 Å². The van der Waals surface area contributed by atoms with Gasteiger partial charge in [-0.3, -0.25) is 9.78 Å². The van der Waals surface area contributed by atoms with E-state index in [4.69, 9.17) is 0 Å². The molecule has 3 fully saturated rings. The predicted molar refractivity (Wildman–Crippen MR) is 66.3 cm³/mol. The number of nitrogens with one attached hydrogen (secondary N) is 1. The molecule has 1 atom stereocenters. The van der Waals surface area contributed by atoms with Gasteiger partial charge < -0.3 is 15.3 Å². The molecule has 0 aromatic carbocycles. The highest BCUT2D eigenvalue weighted by atomic mass is 16.3. The maximum Gasteiger partial charge on any atom is 0.253 e. The van der Waals surface area contributed by atoms with Crippen molar-refractivity contribution in [1.29, 1.82) is 0 Å². The van der Waals surface area contributed by atoms with E-state index in [0.717, 1.165) is 19.6 Å². The normalized spacial score (nSPS) is 30.1. The van der Waals surface area contributed by atoms with Crippen molar-refractivity contribution < 1.29 is 9.90 Å². The fraction of sp³-hybridized carbons (Fsp3) is 0.538. The van der Waals surface area contributed by atoms with E-state index in [1.165, 1.54) is 31.3 Å². The molecule has 4 heterocycles. The molecular formula is C13H17N3O2. The van der Waals surface area contributed by atoms with E-state index in [0.29, 0.717) is 11.5 Å². The van der Waals surface area contributed by atoms with E-state index in [1.54, 1.807) is 0 Å². The quantitative estimate of drug-likeness (QED) is 0.803. The van der Waals surface area contributed by atoms with Gasteiger partial charge in [-0.25, -0.2) is 0 Å². The van der Waals surface area contributed by atoms with Gasteiger partial charge in [-0.1, -0.05) is 0 Å². The van der Waals surface area contributed by atoms with Crippen molar-refractivity contribution in [2.75, 3.05) is 19.6 Å². The van der Waals surface area contributed by atoms with Crippen molar-refractivity contribution in [2.45, 2.75) is 18.9 Å². The Kier molecular flexibility index (Phi) is 2.91. The van der Waals surface area contributed by atoms with E-state index in [2.05, 4.69) is 15.2 Å². The third kappa shape index (κ3) is 2.18. The number of carbonyl (C=O) groups is 1. The maximum absolute atomic E-state index is 12.1. The Hall–Kier alpha value is -1.62. The Balaban J connectivity index is 1.68. The molecular weight excluding hydrogens is 230 g/mol. The van der Waals surface area contributed by atoms with Crippen LogP contribution in [0.1, 0.15) is 23.2 Å². The van der Waals surface area contributed by atoms with Crippen molar-refractivity contribution in [3.63, 3.8) is 0 Å². The highest BCUT2D eigenvalue weighted by Crippen LogP contribution is 2.27. The minimum Gasteiger partial charge on any atom is -0.506 e. The summed E-state index contributed by atoms with van der Waals surface area (Å²) in [6.07, 6.45) is 5.15. The Morgan fingerprint density at radius 3 is 2.78 bits per heavy atom. The third-order valence-corrected chi connectivity index (χ3v) is 3.96. The topological polar surface area (TPSA) is 65.5 Å². The lowest BCUT2D eigenvalue weighted by atomic mass is 9.84. The van der Waals surface area contributed by atoms with Gasteiger partial charge in [0.25, 0.3) is 5.91 Å². The maximum atomic E-state index is 12.1. The molecule has 1 amide bonds. The summed E-state index contributed by atoms with van der Waals surface area (Å²) in [5, 5.41) is 12.4. The standard InChI is InChI=1S/C13H17N3O2/c17-11-5-10(6-14-7-11)13(18)15-12-8-16-3-1-9(12)2-4-16/h5-7,9,12,17H,1-4,8H2,(H,15,18). The molecule has 18 heavy (non-hydrogen) atoms. The minimum absolute atomic E-state index is 0.0246. The molecule has 2 N–H and O–H groups in total. The molecule has 3 saturated heterocycles. The Morgan fingerprint density at radius 2 is 2.17 bits per heavy atom. The van der Waals surface area contributed by atoms with Crippen molar-refractivity contribution in [2.24, 2.45) is 5.92 Å². The summed E-state index contributed by atoms with van der Waals surface area (Å²) in [5.74, 6) is 0.484. The fourth-order valence-corrected chi connectivity index (χ4v) is 2.93. The molecule has 2 bridgehead atoms. The molecule has 96 valence electrons. The fourth-order valence-electron chi connectivity index (χ4n) is 2.93. The molecule has 1 unspecified atom stereocenters. The highest BCUT2D eigenvalue weighted by molar-refractivity contribution is 5.94. The smallest absolute Gasteiger partial charge is 0.253 e. The number of aromatic hydroxyl groups is 1. The van der Waals surface area contributed by atoms with Crippen LogP contribution in [-0.2, 0) is 0 Å². The van der Waals surface area contributed by atoms with Crippen LogP contribution in [0.5, 0.6) is 5.75 Å². The van der Waals surface area contributed by atoms with Crippen LogP contribution in [0.3, 0.4) is 0 Å². The van der Waals surface area contributed by atoms with Gasteiger partial charge in [-0.15, -0.1) is 0 Å². The number of carbonyl (C=O) groups excluding carboxylic acids is 1. The SMILES string of the molecule is O=C(NC1CN2CCC1CC2)c1cncc(O)c1. The molecule has 3 aliphatic heterocycles. The first kappa shape index (κ1) is 11.5. The van der Waals surface area contributed by atoms with E-state index < -0.39 is 0 Å². The first-order valence-corrected chi connectivity index (χ1v) is 6.39. The minimum atomic E-state index is -0.142. The summed E-state index contributed by atoms with van der Waals surface area (Å²) in [4.78, 5) is 18.3.